The second kappa shape index (κ2) is 11.1. The Bertz CT molecular complexity index is 1030. The Morgan fingerprint density at radius 1 is 1.10 bits per heavy atom. The van der Waals surface area contributed by atoms with Crippen molar-refractivity contribution in [3.05, 3.63) is 83.7 Å². The third-order valence-electron chi connectivity index (χ3n) is 5.10. The van der Waals surface area contributed by atoms with Crippen LogP contribution in [0.15, 0.2) is 76.5 Å². The molecule has 0 heterocycles. The Hall–Kier alpha value is -1.95. The lowest BCUT2D eigenvalue weighted by molar-refractivity contribution is 0.133. The largest absolute Gasteiger partial charge is 0.394 e. The summed E-state index contributed by atoms with van der Waals surface area (Å²) in [4.78, 5) is 1.94. The zero-order chi connectivity index (χ0) is 22.3. The summed E-state index contributed by atoms with van der Waals surface area (Å²) in [5.74, 6) is -0.260. The molecule has 0 bridgehead atoms. The normalized spacial score (nSPS) is 13.5. The number of benzene rings is 3. The number of aryl methyl sites for hydroxylation is 2. The molecule has 0 saturated carbocycles. The summed E-state index contributed by atoms with van der Waals surface area (Å²) < 4.78 is 30.3. The molecule has 0 saturated heterocycles. The number of nitrogens with two attached hydrogens (primary N) is 1. The van der Waals surface area contributed by atoms with Gasteiger partial charge in [-0.2, -0.15) is 0 Å². The summed E-state index contributed by atoms with van der Waals surface area (Å²) in [7, 11) is -1.35. The maximum absolute atomic E-state index is 14.8. The van der Waals surface area contributed by atoms with Crippen LogP contribution in [0.4, 0.5) is 4.39 Å². The van der Waals surface area contributed by atoms with Crippen LogP contribution in [0.25, 0.3) is 11.1 Å². The van der Waals surface area contributed by atoms with Crippen molar-refractivity contribution < 1.29 is 18.6 Å². The second-order valence-corrected chi connectivity index (χ2v) is 9.36. The van der Waals surface area contributed by atoms with Gasteiger partial charge in [0.25, 0.3) is 0 Å². The first-order valence-electron chi connectivity index (χ1n) is 10.0. The van der Waals surface area contributed by atoms with E-state index in [-0.39, 0.29) is 19.0 Å². The molecule has 7 heteroatoms. The first-order chi connectivity index (χ1) is 14.9. The van der Waals surface area contributed by atoms with E-state index < -0.39 is 14.2 Å². The molecular formula is C24H27FNO3PS. The molecule has 0 aromatic heterocycles. The average molecular weight is 460 g/mol. The fourth-order valence-corrected chi connectivity index (χ4v) is 4.61. The maximum atomic E-state index is 14.8. The number of aliphatic hydroxyl groups excluding tert-OH is 1. The molecule has 31 heavy (non-hydrogen) atoms. The molecule has 4 nitrogen and oxygen atoms in total. The average Bonchev–Trinajstić information content (AvgIpc) is 2.77. The van der Waals surface area contributed by atoms with Crippen LogP contribution in [0, 0.1) is 12.7 Å². The summed E-state index contributed by atoms with van der Waals surface area (Å²) in [6.07, 6.45) is 1.12. The third-order valence-corrected chi connectivity index (χ3v) is 6.38. The van der Waals surface area contributed by atoms with Crippen molar-refractivity contribution in [1.82, 2.24) is 0 Å². The van der Waals surface area contributed by atoms with Crippen LogP contribution >= 0.6 is 20.4 Å². The van der Waals surface area contributed by atoms with Gasteiger partial charge in [0.1, 0.15) is 5.82 Å². The van der Waals surface area contributed by atoms with Gasteiger partial charge in [0, 0.05) is 15.4 Å². The Kier molecular flexibility index (Phi) is 8.47. The smallest absolute Gasteiger partial charge is 0.180 e. The van der Waals surface area contributed by atoms with E-state index in [9.17, 15) is 14.1 Å². The zero-order valence-corrected chi connectivity index (χ0v) is 19.4. The number of aliphatic hydroxyl groups is 1. The van der Waals surface area contributed by atoms with E-state index in [0.717, 1.165) is 20.9 Å². The van der Waals surface area contributed by atoms with Gasteiger partial charge < -0.3 is 15.4 Å². The molecular weight excluding hydrogens is 432 g/mol. The van der Waals surface area contributed by atoms with Crippen molar-refractivity contribution >= 4 is 20.4 Å². The van der Waals surface area contributed by atoms with Crippen LogP contribution in [-0.2, 0) is 15.5 Å². The SMILES string of the molecule is Cc1cccc(Sc2ccc(-c3ccc(CCC(N)(CO)CO[PH2]=O)cc3)c(F)c2)c1. The topological polar surface area (TPSA) is 72.6 Å². The van der Waals surface area contributed by atoms with E-state index in [0.29, 0.717) is 18.4 Å². The van der Waals surface area contributed by atoms with Crippen molar-refractivity contribution in [1.29, 1.82) is 0 Å². The van der Waals surface area contributed by atoms with Crippen LogP contribution in [-0.4, -0.2) is 23.9 Å². The summed E-state index contributed by atoms with van der Waals surface area (Å²) in [5, 5.41) is 9.50. The van der Waals surface area contributed by atoms with Gasteiger partial charge >= 0.3 is 0 Å². The van der Waals surface area contributed by atoms with Gasteiger partial charge in [0.05, 0.1) is 18.8 Å². The van der Waals surface area contributed by atoms with Crippen LogP contribution in [0.2, 0.25) is 0 Å². The van der Waals surface area contributed by atoms with Crippen LogP contribution < -0.4 is 5.73 Å². The fourth-order valence-electron chi connectivity index (χ4n) is 3.25. The lowest BCUT2D eigenvalue weighted by Gasteiger charge is -2.25. The van der Waals surface area contributed by atoms with Crippen LogP contribution in [0.5, 0.6) is 0 Å². The zero-order valence-electron chi connectivity index (χ0n) is 17.4. The highest BCUT2D eigenvalue weighted by Gasteiger charge is 2.24. The minimum Gasteiger partial charge on any atom is -0.394 e. The van der Waals surface area contributed by atoms with E-state index in [4.69, 9.17) is 10.3 Å². The number of rotatable bonds is 10. The standard InChI is InChI=1S/C24H27FNO3PS/c1-17-3-2-4-20(13-17)31-21-9-10-22(23(25)14-21)19-7-5-18(6-8-19)11-12-24(26,15-27)16-29-30-28/h2-10,13-14,27H,11-12,15-16,26,30H2,1H3. The second-order valence-electron chi connectivity index (χ2n) is 7.68. The molecule has 164 valence electrons. The summed E-state index contributed by atoms with van der Waals surface area (Å²) in [6, 6.07) is 21.1. The van der Waals surface area contributed by atoms with Crippen molar-refractivity contribution in [2.24, 2.45) is 5.73 Å². The summed E-state index contributed by atoms with van der Waals surface area (Å²) >= 11 is 1.54. The predicted octanol–water partition coefficient (Wildman–Crippen LogP) is 5.26. The highest BCUT2D eigenvalue weighted by Crippen LogP contribution is 2.32. The molecule has 2 unspecified atom stereocenters. The Balaban J connectivity index is 1.67. The molecule has 0 aliphatic carbocycles. The van der Waals surface area contributed by atoms with Gasteiger partial charge in [-0.15, -0.1) is 0 Å². The molecule has 3 aromatic rings. The first kappa shape index (κ1) is 23.7. The van der Waals surface area contributed by atoms with E-state index in [1.165, 1.54) is 17.3 Å². The fraction of sp³-hybridized carbons (Fsp3) is 0.250. The Morgan fingerprint density at radius 3 is 2.48 bits per heavy atom. The third kappa shape index (κ3) is 6.76. The molecule has 3 aromatic carbocycles. The molecule has 0 amide bonds. The maximum Gasteiger partial charge on any atom is 0.180 e. The van der Waals surface area contributed by atoms with Gasteiger partial charge in [-0.25, -0.2) is 4.39 Å². The molecule has 3 rings (SSSR count). The Morgan fingerprint density at radius 2 is 1.84 bits per heavy atom. The minimum atomic E-state index is -1.35. The van der Waals surface area contributed by atoms with Gasteiger partial charge in [0.2, 0.25) is 0 Å². The van der Waals surface area contributed by atoms with Crippen molar-refractivity contribution in [2.75, 3.05) is 13.2 Å². The molecule has 0 aliphatic rings. The van der Waals surface area contributed by atoms with E-state index in [1.807, 2.05) is 61.5 Å². The Labute approximate surface area is 187 Å². The quantitative estimate of drug-likeness (QED) is 0.405. The monoisotopic (exact) mass is 459 g/mol. The molecule has 3 N–H and O–H groups in total. The lowest BCUT2D eigenvalue weighted by atomic mass is 9.93. The molecule has 0 radical (unpaired) electrons. The predicted molar refractivity (Wildman–Crippen MR) is 126 cm³/mol. The van der Waals surface area contributed by atoms with Crippen molar-refractivity contribution in [2.45, 2.75) is 35.1 Å². The van der Waals surface area contributed by atoms with Gasteiger partial charge in [-0.05, 0) is 55.2 Å². The van der Waals surface area contributed by atoms with E-state index in [2.05, 4.69) is 6.07 Å². The van der Waals surface area contributed by atoms with E-state index >= 15 is 0 Å². The summed E-state index contributed by atoms with van der Waals surface area (Å²) in [6.45, 7) is 1.84. The van der Waals surface area contributed by atoms with Crippen LogP contribution in [0.3, 0.4) is 0 Å². The summed E-state index contributed by atoms with van der Waals surface area (Å²) in [5.41, 5.74) is 8.72. The number of hydrogen-bond donors (Lipinski definition) is 2. The van der Waals surface area contributed by atoms with E-state index in [1.54, 1.807) is 6.07 Å². The number of hydrogen-bond acceptors (Lipinski definition) is 5. The highest BCUT2D eigenvalue weighted by atomic mass is 32.2. The van der Waals surface area contributed by atoms with Crippen molar-refractivity contribution in [3.8, 4) is 11.1 Å². The first-order valence-corrected chi connectivity index (χ1v) is 11.8. The molecule has 0 spiro atoms. The van der Waals surface area contributed by atoms with Crippen LogP contribution in [0.1, 0.15) is 17.5 Å². The molecule has 0 fully saturated rings. The minimum absolute atomic E-state index is 0.0541. The highest BCUT2D eigenvalue weighted by molar-refractivity contribution is 7.99. The number of halogens is 1. The lowest BCUT2D eigenvalue weighted by Crippen LogP contribution is -2.47. The van der Waals surface area contributed by atoms with Gasteiger partial charge in [0.15, 0.2) is 8.69 Å². The molecule has 2 atom stereocenters. The van der Waals surface area contributed by atoms with Crippen molar-refractivity contribution in [3.63, 3.8) is 0 Å². The van der Waals surface area contributed by atoms with Gasteiger partial charge in [-0.3, -0.25) is 4.57 Å². The molecule has 0 aliphatic heterocycles. The van der Waals surface area contributed by atoms with Gasteiger partial charge in [-0.1, -0.05) is 59.8 Å².